The molecule has 0 aliphatic carbocycles. The Labute approximate surface area is 125 Å². The molecule has 0 atom stereocenters. The highest BCUT2D eigenvalue weighted by molar-refractivity contribution is 9.10. The zero-order valence-corrected chi connectivity index (χ0v) is 13.1. The molecule has 0 aromatic carbocycles. The van der Waals surface area contributed by atoms with Crippen molar-refractivity contribution in [2.45, 2.75) is 20.4 Å². The highest BCUT2D eigenvalue weighted by Crippen LogP contribution is 2.19. The number of aryl methyl sites for hydroxylation is 2. The molecule has 7 heteroatoms. The van der Waals surface area contributed by atoms with Gasteiger partial charge in [-0.05, 0) is 29.8 Å². The SMILES string of the molecule is Cc1nn(C)c(C)c1NCc1cnc2cnc(Br)cn12. The zero-order valence-electron chi connectivity index (χ0n) is 11.6. The maximum atomic E-state index is 4.40. The molecule has 0 unspecified atom stereocenters. The van der Waals surface area contributed by atoms with Crippen molar-refractivity contribution in [1.29, 1.82) is 0 Å². The highest BCUT2D eigenvalue weighted by Gasteiger charge is 2.10. The maximum absolute atomic E-state index is 4.40. The van der Waals surface area contributed by atoms with Gasteiger partial charge in [-0.15, -0.1) is 0 Å². The lowest BCUT2D eigenvalue weighted by Crippen LogP contribution is -2.04. The van der Waals surface area contributed by atoms with Gasteiger partial charge < -0.3 is 5.32 Å². The summed E-state index contributed by atoms with van der Waals surface area (Å²) < 4.78 is 4.69. The van der Waals surface area contributed by atoms with Crippen LogP contribution in [0, 0.1) is 13.8 Å². The third kappa shape index (κ3) is 2.18. The van der Waals surface area contributed by atoms with Crippen molar-refractivity contribution in [1.82, 2.24) is 24.1 Å². The Morgan fingerprint density at radius 3 is 2.75 bits per heavy atom. The lowest BCUT2D eigenvalue weighted by Gasteiger charge is -2.07. The van der Waals surface area contributed by atoms with E-state index in [4.69, 9.17) is 0 Å². The largest absolute Gasteiger partial charge is 0.376 e. The fraction of sp³-hybridized carbons (Fsp3) is 0.308. The van der Waals surface area contributed by atoms with Gasteiger partial charge in [-0.3, -0.25) is 9.08 Å². The van der Waals surface area contributed by atoms with Crippen LogP contribution in [0.4, 0.5) is 5.69 Å². The van der Waals surface area contributed by atoms with Gasteiger partial charge in [0, 0.05) is 13.2 Å². The molecule has 3 aromatic heterocycles. The standard InChI is InChI=1S/C13H15BrN6/c1-8-13(9(2)19(3)18-8)17-5-10-4-16-12-6-15-11(14)7-20(10)12/h4,6-7,17H,5H2,1-3H3. The minimum absolute atomic E-state index is 0.686. The second-order valence-corrected chi connectivity index (χ2v) is 5.52. The van der Waals surface area contributed by atoms with Crippen LogP contribution in [-0.4, -0.2) is 24.1 Å². The quantitative estimate of drug-likeness (QED) is 0.799. The van der Waals surface area contributed by atoms with E-state index in [1.165, 1.54) is 0 Å². The van der Waals surface area contributed by atoms with E-state index in [1.807, 2.05) is 35.4 Å². The molecule has 0 aliphatic rings. The van der Waals surface area contributed by atoms with Gasteiger partial charge in [0.05, 0.1) is 41.7 Å². The molecule has 0 aliphatic heterocycles. The molecule has 104 valence electrons. The summed E-state index contributed by atoms with van der Waals surface area (Å²) in [6.45, 7) is 4.74. The Morgan fingerprint density at radius 2 is 2.05 bits per heavy atom. The average molecular weight is 335 g/mol. The molecular weight excluding hydrogens is 320 g/mol. The number of rotatable bonds is 3. The summed E-state index contributed by atoms with van der Waals surface area (Å²) in [4.78, 5) is 8.51. The van der Waals surface area contributed by atoms with Crippen molar-refractivity contribution in [2.75, 3.05) is 5.32 Å². The summed E-state index contributed by atoms with van der Waals surface area (Å²) in [5, 5.41) is 7.84. The normalized spacial score (nSPS) is 11.2. The predicted octanol–water partition coefficient (Wildman–Crippen LogP) is 2.45. The fourth-order valence-electron chi connectivity index (χ4n) is 2.26. The summed E-state index contributed by atoms with van der Waals surface area (Å²) in [6.07, 6.45) is 5.52. The Bertz CT molecular complexity index is 773. The molecule has 3 rings (SSSR count). The van der Waals surface area contributed by atoms with Crippen LogP contribution in [0.3, 0.4) is 0 Å². The number of aromatic nitrogens is 5. The molecule has 0 spiro atoms. The van der Waals surface area contributed by atoms with Crippen LogP contribution >= 0.6 is 15.9 Å². The number of nitrogens with one attached hydrogen (secondary N) is 1. The molecule has 3 aromatic rings. The molecule has 3 heterocycles. The summed E-state index contributed by atoms with van der Waals surface area (Å²) in [6, 6.07) is 0. The van der Waals surface area contributed by atoms with Crippen LogP contribution in [0.2, 0.25) is 0 Å². The Balaban J connectivity index is 1.88. The third-order valence-corrected chi connectivity index (χ3v) is 3.81. The number of nitrogens with zero attached hydrogens (tertiary/aromatic N) is 5. The van der Waals surface area contributed by atoms with Crippen LogP contribution in [0.5, 0.6) is 0 Å². The van der Waals surface area contributed by atoms with E-state index in [-0.39, 0.29) is 0 Å². The van der Waals surface area contributed by atoms with Crippen molar-refractivity contribution in [3.05, 3.63) is 40.3 Å². The average Bonchev–Trinajstić information content (AvgIpc) is 2.90. The fourth-order valence-corrected chi connectivity index (χ4v) is 2.56. The number of halogens is 1. The van der Waals surface area contributed by atoms with Gasteiger partial charge in [-0.1, -0.05) is 0 Å². The number of hydrogen-bond donors (Lipinski definition) is 1. The first-order valence-electron chi connectivity index (χ1n) is 6.28. The topological polar surface area (TPSA) is 60.0 Å². The summed E-state index contributed by atoms with van der Waals surface area (Å²) in [7, 11) is 1.95. The number of fused-ring (bicyclic) bond motifs is 1. The minimum Gasteiger partial charge on any atom is -0.376 e. The van der Waals surface area contributed by atoms with Crippen molar-refractivity contribution in [3.63, 3.8) is 0 Å². The molecule has 0 bridgehead atoms. The molecule has 0 fully saturated rings. The highest BCUT2D eigenvalue weighted by atomic mass is 79.9. The summed E-state index contributed by atoms with van der Waals surface area (Å²) >= 11 is 3.38. The maximum Gasteiger partial charge on any atom is 0.155 e. The van der Waals surface area contributed by atoms with Crippen LogP contribution in [0.25, 0.3) is 5.65 Å². The number of hydrogen-bond acceptors (Lipinski definition) is 4. The number of anilines is 1. The van der Waals surface area contributed by atoms with E-state index in [0.717, 1.165) is 33.0 Å². The molecule has 6 nitrogen and oxygen atoms in total. The first-order valence-corrected chi connectivity index (χ1v) is 7.07. The van der Waals surface area contributed by atoms with Crippen LogP contribution in [-0.2, 0) is 13.6 Å². The second kappa shape index (κ2) is 4.90. The van der Waals surface area contributed by atoms with Gasteiger partial charge in [0.25, 0.3) is 0 Å². The van der Waals surface area contributed by atoms with Gasteiger partial charge >= 0.3 is 0 Å². The molecular formula is C13H15BrN6. The Morgan fingerprint density at radius 1 is 1.25 bits per heavy atom. The van der Waals surface area contributed by atoms with Crippen molar-refractivity contribution >= 4 is 27.3 Å². The minimum atomic E-state index is 0.686. The molecule has 0 radical (unpaired) electrons. The number of imidazole rings is 1. The van der Waals surface area contributed by atoms with Crippen LogP contribution in [0.1, 0.15) is 17.1 Å². The lowest BCUT2D eigenvalue weighted by atomic mass is 10.3. The van der Waals surface area contributed by atoms with E-state index < -0.39 is 0 Å². The molecule has 0 saturated heterocycles. The van der Waals surface area contributed by atoms with Crippen LogP contribution in [0.15, 0.2) is 23.2 Å². The summed E-state index contributed by atoms with van der Waals surface area (Å²) in [5.74, 6) is 0. The molecule has 1 N–H and O–H groups in total. The van der Waals surface area contributed by atoms with Crippen LogP contribution < -0.4 is 5.32 Å². The lowest BCUT2D eigenvalue weighted by molar-refractivity contribution is 0.731. The first kappa shape index (κ1) is 13.1. The van der Waals surface area contributed by atoms with E-state index in [1.54, 1.807) is 6.20 Å². The molecule has 0 saturated carbocycles. The smallest absolute Gasteiger partial charge is 0.155 e. The van der Waals surface area contributed by atoms with E-state index in [2.05, 4.69) is 43.2 Å². The van der Waals surface area contributed by atoms with E-state index in [0.29, 0.717) is 6.54 Å². The predicted molar refractivity (Wildman–Crippen MR) is 80.7 cm³/mol. The van der Waals surface area contributed by atoms with Crippen molar-refractivity contribution in [2.24, 2.45) is 7.05 Å². The molecule has 0 amide bonds. The van der Waals surface area contributed by atoms with E-state index in [9.17, 15) is 0 Å². The van der Waals surface area contributed by atoms with E-state index >= 15 is 0 Å². The first-order chi connectivity index (χ1) is 9.56. The van der Waals surface area contributed by atoms with Gasteiger partial charge in [0.15, 0.2) is 5.65 Å². The van der Waals surface area contributed by atoms with Crippen molar-refractivity contribution < 1.29 is 0 Å². The third-order valence-electron chi connectivity index (χ3n) is 3.40. The van der Waals surface area contributed by atoms with Gasteiger partial charge in [-0.2, -0.15) is 5.10 Å². The van der Waals surface area contributed by atoms with Gasteiger partial charge in [0.1, 0.15) is 4.60 Å². The monoisotopic (exact) mass is 334 g/mol. The Kier molecular flexibility index (Phi) is 3.21. The Hall–Kier alpha value is -1.89. The summed E-state index contributed by atoms with van der Waals surface area (Å²) in [5.41, 5.74) is 5.12. The van der Waals surface area contributed by atoms with Gasteiger partial charge in [0.2, 0.25) is 0 Å². The molecule has 20 heavy (non-hydrogen) atoms. The zero-order chi connectivity index (χ0) is 14.3. The van der Waals surface area contributed by atoms with Gasteiger partial charge in [-0.25, -0.2) is 9.97 Å². The van der Waals surface area contributed by atoms with Crippen molar-refractivity contribution in [3.8, 4) is 0 Å². The second-order valence-electron chi connectivity index (χ2n) is 4.71.